The Morgan fingerprint density at radius 2 is 2.00 bits per heavy atom. The van der Waals surface area contributed by atoms with Crippen LogP contribution < -0.4 is 15.1 Å². The molecule has 0 unspecified atom stereocenters. The summed E-state index contributed by atoms with van der Waals surface area (Å²) in [5.41, 5.74) is 1.61. The Bertz CT molecular complexity index is 659. The van der Waals surface area contributed by atoms with Crippen LogP contribution in [0, 0.1) is 0 Å². The highest BCUT2D eigenvalue weighted by atomic mass is 79.9. The first-order valence-electron chi connectivity index (χ1n) is 6.65. The fraction of sp³-hybridized carbons (Fsp3) is 0.200. The summed E-state index contributed by atoms with van der Waals surface area (Å²) >= 11 is 3.38. The van der Waals surface area contributed by atoms with E-state index in [0.29, 0.717) is 6.54 Å². The topological polar surface area (TPSA) is 48.5 Å². The monoisotopic (exact) mass is 346 g/mol. The van der Waals surface area contributed by atoms with E-state index in [0.717, 1.165) is 28.2 Å². The van der Waals surface area contributed by atoms with Crippen molar-refractivity contribution in [1.29, 1.82) is 0 Å². The molecule has 5 nitrogen and oxygen atoms in total. The van der Waals surface area contributed by atoms with Crippen LogP contribution in [0.1, 0.15) is 0 Å². The Labute approximate surface area is 131 Å². The molecular weight excluding hydrogens is 332 g/mol. The number of aromatic nitrogens is 1. The lowest BCUT2D eigenvalue weighted by atomic mass is 10.2. The molecule has 0 saturated carbocycles. The Morgan fingerprint density at radius 1 is 1.24 bits per heavy atom. The first kappa shape index (κ1) is 13.9. The summed E-state index contributed by atoms with van der Waals surface area (Å²) in [6.07, 6.45) is 1.74. The number of nitrogens with zero attached hydrogens (tertiary/aromatic N) is 3. The smallest absolute Gasteiger partial charge is 0.326 e. The van der Waals surface area contributed by atoms with E-state index in [-0.39, 0.29) is 6.03 Å². The van der Waals surface area contributed by atoms with E-state index >= 15 is 0 Å². The van der Waals surface area contributed by atoms with Crippen molar-refractivity contribution in [1.82, 2.24) is 4.98 Å². The Morgan fingerprint density at radius 3 is 2.76 bits per heavy atom. The van der Waals surface area contributed by atoms with E-state index in [1.54, 1.807) is 11.1 Å². The summed E-state index contributed by atoms with van der Waals surface area (Å²) in [5, 5.41) is 2.91. The number of fused-ring (bicyclic) bond motifs is 1. The molecule has 0 bridgehead atoms. The van der Waals surface area contributed by atoms with Gasteiger partial charge in [-0.3, -0.25) is 4.90 Å². The predicted octanol–water partition coefficient (Wildman–Crippen LogP) is 3.33. The second kappa shape index (κ2) is 5.73. The van der Waals surface area contributed by atoms with Crippen LogP contribution in [0.4, 0.5) is 22.0 Å². The highest BCUT2D eigenvalue weighted by Gasteiger charge is 2.25. The molecular formula is C15H15BrN4O. The lowest BCUT2D eigenvalue weighted by Crippen LogP contribution is -2.45. The van der Waals surface area contributed by atoms with Crippen molar-refractivity contribution in [2.75, 3.05) is 35.3 Å². The molecule has 2 heterocycles. The standard InChI is InChI=1S/C15H15BrN4O/c1-19-9-10-20(13-3-2-8-17-14(13)19)15(21)18-12-6-4-11(16)5-7-12/h2-8H,9-10H2,1H3,(H,18,21). The van der Waals surface area contributed by atoms with E-state index in [1.165, 1.54) is 0 Å². The van der Waals surface area contributed by atoms with Gasteiger partial charge in [-0.1, -0.05) is 15.9 Å². The van der Waals surface area contributed by atoms with Gasteiger partial charge in [-0.2, -0.15) is 0 Å². The third-order valence-electron chi connectivity index (χ3n) is 3.42. The van der Waals surface area contributed by atoms with E-state index in [2.05, 4.69) is 31.1 Å². The average Bonchev–Trinajstić information content (AvgIpc) is 2.50. The molecule has 0 aliphatic carbocycles. The van der Waals surface area contributed by atoms with Gasteiger partial charge in [-0.05, 0) is 36.4 Å². The van der Waals surface area contributed by atoms with Crippen molar-refractivity contribution in [2.45, 2.75) is 0 Å². The fourth-order valence-corrected chi connectivity index (χ4v) is 2.57. The second-order valence-electron chi connectivity index (χ2n) is 4.86. The molecule has 1 aromatic heterocycles. The number of hydrogen-bond donors (Lipinski definition) is 1. The zero-order chi connectivity index (χ0) is 14.8. The van der Waals surface area contributed by atoms with Gasteiger partial charge in [0.2, 0.25) is 0 Å². The highest BCUT2D eigenvalue weighted by Crippen LogP contribution is 2.30. The summed E-state index contributed by atoms with van der Waals surface area (Å²) in [6.45, 7) is 1.40. The van der Waals surface area contributed by atoms with Crippen molar-refractivity contribution in [3.8, 4) is 0 Å². The van der Waals surface area contributed by atoms with Crippen molar-refractivity contribution in [3.05, 3.63) is 47.1 Å². The third-order valence-corrected chi connectivity index (χ3v) is 3.95. The maximum absolute atomic E-state index is 12.5. The third kappa shape index (κ3) is 2.85. The summed E-state index contributed by atoms with van der Waals surface area (Å²) in [4.78, 5) is 20.6. The lowest BCUT2D eigenvalue weighted by Gasteiger charge is -2.34. The van der Waals surface area contributed by atoms with Crippen molar-refractivity contribution in [3.63, 3.8) is 0 Å². The SMILES string of the molecule is CN1CCN(C(=O)Nc2ccc(Br)cc2)c2cccnc21. The molecule has 0 atom stereocenters. The first-order chi connectivity index (χ1) is 10.1. The second-order valence-corrected chi connectivity index (χ2v) is 5.77. The van der Waals surface area contributed by atoms with Crippen molar-refractivity contribution >= 4 is 39.2 Å². The number of rotatable bonds is 1. The van der Waals surface area contributed by atoms with Crippen LogP contribution in [-0.4, -0.2) is 31.2 Å². The first-order valence-corrected chi connectivity index (χ1v) is 7.45. The number of pyridine rings is 1. The van der Waals surface area contributed by atoms with Gasteiger partial charge in [-0.25, -0.2) is 9.78 Å². The zero-order valence-corrected chi connectivity index (χ0v) is 13.2. The predicted molar refractivity (Wildman–Crippen MR) is 88.0 cm³/mol. The van der Waals surface area contributed by atoms with E-state index in [9.17, 15) is 4.79 Å². The van der Waals surface area contributed by atoms with E-state index in [1.807, 2.05) is 43.4 Å². The number of nitrogens with one attached hydrogen (secondary N) is 1. The molecule has 6 heteroatoms. The minimum atomic E-state index is -0.139. The molecule has 1 aromatic carbocycles. The molecule has 0 saturated heterocycles. The van der Waals surface area contributed by atoms with Crippen LogP contribution in [0.3, 0.4) is 0 Å². The molecule has 21 heavy (non-hydrogen) atoms. The maximum Gasteiger partial charge on any atom is 0.326 e. The normalized spacial score (nSPS) is 13.8. The van der Waals surface area contributed by atoms with Crippen molar-refractivity contribution < 1.29 is 4.79 Å². The molecule has 2 aromatic rings. The van der Waals surface area contributed by atoms with Crippen LogP contribution in [0.25, 0.3) is 0 Å². The van der Waals surface area contributed by atoms with Gasteiger partial charge in [0, 0.05) is 36.5 Å². The molecule has 2 amide bonds. The lowest BCUT2D eigenvalue weighted by molar-refractivity contribution is 0.257. The molecule has 3 rings (SSSR count). The van der Waals surface area contributed by atoms with Gasteiger partial charge < -0.3 is 10.2 Å². The van der Waals surface area contributed by atoms with Crippen LogP contribution in [-0.2, 0) is 0 Å². The van der Waals surface area contributed by atoms with Crippen LogP contribution in [0.2, 0.25) is 0 Å². The number of likely N-dealkylation sites (N-methyl/N-ethyl adjacent to an activating group) is 1. The van der Waals surface area contributed by atoms with Gasteiger partial charge in [0.15, 0.2) is 5.82 Å². The number of benzene rings is 1. The van der Waals surface area contributed by atoms with Gasteiger partial charge in [0.05, 0.1) is 5.69 Å². The summed E-state index contributed by atoms with van der Waals surface area (Å²) < 4.78 is 0.981. The van der Waals surface area contributed by atoms with Gasteiger partial charge >= 0.3 is 6.03 Å². The summed E-state index contributed by atoms with van der Waals surface area (Å²) in [6, 6.07) is 11.1. The van der Waals surface area contributed by atoms with Crippen LogP contribution in [0.15, 0.2) is 47.1 Å². The highest BCUT2D eigenvalue weighted by molar-refractivity contribution is 9.10. The maximum atomic E-state index is 12.5. The number of hydrogen-bond acceptors (Lipinski definition) is 3. The fourth-order valence-electron chi connectivity index (χ4n) is 2.30. The Hall–Kier alpha value is -2.08. The van der Waals surface area contributed by atoms with E-state index < -0.39 is 0 Å². The largest absolute Gasteiger partial charge is 0.356 e. The average molecular weight is 347 g/mol. The Kier molecular flexibility index (Phi) is 3.79. The van der Waals surface area contributed by atoms with Gasteiger partial charge in [0.25, 0.3) is 0 Å². The number of carbonyl (C=O) groups excluding carboxylic acids is 1. The van der Waals surface area contributed by atoms with Crippen LogP contribution >= 0.6 is 15.9 Å². The minimum Gasteiger partial charge on any atom is -0.356 e. The van der Waals surface area contributed by atoms with E-state index in [4.69, 9.17) is 0 Å². The van der Waals surface area contributed by atoms with Crippen LogP contribution in [0.5, 0.6) is 0 Å². The zero-order valence-electron chi connectivity index (χ0n) is 11.6. The minimum absolute atomic E-state index is 0.139. The van der Waals surface area contributed by atoms with Gasteiger partial charge in [0.1, 0.15) is 0 Å². The quantitative estimate of drug-likeness (QED) is 0.861. The number of urea groups is 1. The van der Waals surface area contributed by atoms with Gasteiger partial charge in [-0.15, -0.1) is 0 Å². The number of anilines is 3. The molecule has 0 radical (unpaired) electrons. The molecule has 0 fully saturated rings. The summed E-state index contributed by atoms with van der Waals surface area (Å²) in [5.74, 6) is 0.828. The van der Waals surface area contributed by atoms with Crippen molar-refractivity contribution in [2.24, 2.45) is 0 Å². The number of amides is 2. The molecule has 1 N–H and O–H groups in total. The number of halogens is 1. The number of carbonyl (C=O) groups is 1. The Balaban J connectivity index is 1.82. The molecule has 1 aliphatic rings. The summed E-state index contributed by atoms with van der Waals surface area (Å²) in [7, 11) is 1.98. The molecule has 108 valence electrons. The molecule has 1 aliphatic heterocycles. The molecule has 0 spiro atoms.